The highest BCUT2D eigenvalue weighted by Crippen LogP contribution is 2.48. The fourth-order valence-corrected chi connectivity index (χ4v) is 6.66. The lowest BCUT2D eigenvalue weighted by molar-refractivity contribution is 0.0185. The summed E-state index contributed by atoms with van der Waals surface area (Å²) in [4.78, 5) is 28.9. The van der Waals surface area contributed by atoms with Crippen molar-refractivity contribution in [3.8, 4) is 11.9 Å². The van der Waals surface area contributed by atoms with E-state index in [9.17, 15) is 4.79 Å². The van der Waals surface area contributed by atoms with E-state index in [2.05, 4.69) is 41.1 Å². The highest BCUT2D eigenvalue weighted by atomic mass is 16.6. The van der Waals surface area contributed by atoms with E-state index in [1.807, 2.05) is 20.8 Å². The Hall–Kier alpha value is -3.07. The normalized spacial score (nSPS) is 24.9. The molecule has 1 unspecified atom stereocenters. The molecule has 9 heteroatoms. The number of anilines is 1. The number of nitrogens with zero attached hydrogens (tertiary/aromatic N) is 5. The number of piperazine rings is 1. The van der Waals surface area contributed by atoms with Crippen molar-refractivity contribution < 1.29 is 19.0 Å². The van der Waals surface area contributed by atoms with Gasteiger partial charge in [-0.05, 0) is 90.4 Å². The molecule has 3 aliphatic heterocycles. The predicted octanol–water partition coefficient (Wildman–Crippen LogP) is 4.56. The van der Waals surface area contributed by atoms with E-state index < -0.39 is 5.60 Å². The molecule has 0 bridgehead atoms. The minimum absolute atomic E-state index is 0.261. The molecule has 1 aliphatic carbocycles. The van der Waals surface area contributed by atoms with Crippen LogP contribution in [0.3, 0.4) is 0 Å². The second-order valence-corrected chi connectivity index (χ2v) is 12.8. The smallest absolute Gasteiger partial charge is 0.410 e. The Morgan fingerprint density at radius 3 is 2.60 bits per heavy atom. The number of aryl methyl sites for hydroxylation is 1. The number of ether oxygens (including phenoxy) is 3. The van der Waals surface area contributed by atoms with Gasteiger partial charge >= 0.3 is 12.1 Å². The number of aromatic nitrogens is 2. The maximum atomic E-state index is 12.7. The largest absolute Gasteiger partial charge is 0.466 e. The highest BCUT2D eigenvalue weighted by molar-refractivity contribution is 5.68. The van der Waals surface area contributed by atoms with Gasteiger partial charge in [0.15, 0.2) is 0 Å². The average molecular weight is 550 g/mol. The van der Waals surface area contributed by atoms with Crippen LogP contribution in [0.2, 0.25) is 0 Å². The number of fused-ring (bicyclic) bond motifs is 3. The lowest BCUT2D eigenvalue weighted by atomic mass is 9.75. The third-order valence-electron chi connectivity index (χ3n) is 8.84. The number of likely N-dealkylation sites (tertiary alicyclic amines) is 1. The van der Waals surface area contributed by atoms with E-state index in [4.69, 9.17) is 24.2 Å². The highest BCUT2D eigenvalue weighted by Gasteiger charge is 2.43. The zero-order valence-electron chi connectivity index (χ0n) is 24.4. The van der Waals surface area contributed by atoms with Gasteiger partial charge in [-0.2, -0.15) is 9.97 Å². The summed E-state index contributed by atoms with van der Waals surface area (Å²) in [6.07, 6.45) is 6.98. The van der Waals surface area contributed by atoms with Crippen LogP contribution in [0, 0.1) is 0 Å². The third kappa shape index (κ3) is 5.45. The molecule has 2 fully saturated rings. The van der Waals surface area contributed by atoms with Gasteiger partial charge in [0.1, 0.15) is 23.6 Å². The minimum Gasteiger partial charge on any atom is -0.466 e. The number of hydrogen-bond acceptors (Lipinski definition) is 8. The molecule has 2 atom stereocenters. The van der Waals surface area contributed by atoms with Crippen LogP contribution in [0.5, 0.6) is 11.9 Å². The van der Waals surface area contributed by atoms with Crippen molar-refractivity contribution in [3.05, 3.63) is 41.0 Å². The maximum absolute atomic E-state index is 12.7. The second-order valence-electron chi connectivity index (χ2n) is 12.8. The first-order chi connectivity index (χ1) is 19.2. The molecular weight excluding hydrogens is 506 g/mol. The van der Waals surface area contributed by atoms with Gasteiger partial charge in [-0.25, -0.2) is 4.79 Å². The lowest BCUT2D eigenvalue weighted by Crippen LogP contribution is -2.50. The number of amides is 1. The number of carbonyl (C=O) groups is 1. The Morgan fingerprint density at radius 1 is 1.05 bits per heavy atom. The average Bonchev–Trinajstić information content (AvgIpc) is 3.35. The van der Waals surface area contributed by atoms with Gasteiger partial charge in [0.2, 0.25) is 5.88 Å². The molecule has 0 saturated carbocycles. The first-order valence-electron chi connectivity index (χ1n) is 14.9. The molecule has 0 radical (unpaired) electrons. The van der Waals surface area contributed by atoms with E-state index in [1.165, 1.54) is 17.5 Å². The van der Waals surface area contributed by atoms with Gasteiger partial charge in [0, 0.05) is 32.2 Å². The molecular formula is C31H43N5O4. The predicted molar refractivity (Wildman–Crippen MR) is 153 cm³/mol. The molecule has 6 rings (SSSR count). The van der Waals surface area contributed by atoms with Crippen LogP contribution in [0.25, 0.3) is 0 Å². The summed E-state index contributed by atoms with van der Waals surface area (Å²) in [6, 6.07) is 9.45. The minimum atomic E-state index is -0.509. The Balaban J connectivity index is 1.27. The van der Waals surface area contributed by atoms with Crippen LogP contribution >= 0.6 is 0 Å². The fraction of sp³-hybridized carbons (Fsp3) is 0.645. The molecule has 0 N–H and O–H groups in total. The van der Waals surface area contributed by atoms with E-state index in [0.717, 1.165) is 56.5 Å². The molecule has 2 aromatic rings. The Kier molecular flexibility index (Phi) is 7.27. The van der Waals surface area contributed by atoms with Gasteiger partial charge in [0.25, 0.3) is 0 Å². The molecule has 1 spiro atoms. The van der Waals surface area contributed by atoms with Crippen LogP contribution in [0.15, 0.2) is 24.3 Å². The molecule has 1 aromatic carbocycles. The molecule has 1 aromatic heterocycles. The summed E-state index contributed by atoms with van der Waals surface area (Å²) in [5.74, 6) is 1.53. The van der Waals surface area contributed by atoms with Crippen molar-refractivity contribution in [2.75, 3.05) is 51.3 Å². The lowest BCUT2D eigenvalue weighted by Gasteiger charge is -2.43. The zero-order chi connectivity index (χ0) is 27.9. The van der Waals surface area contributed by atoms with E-state index in [-0.39, 0.29) is 11.7 Å². The molecule has 4 heterocycles. The van der Waals surface area contributed by atoms with Crippen molar-refractivity contribution in [2.24, 2.45) is 0 Å². The van der Waals surface area contributed by atoms with Gasteiger partial charge in [-0.3, -0.25) is 0 Å². The third-order valence-corrected chi connectivity index (χ3v) is 8.84. The number of hydrogen-bond donors (Lipinski definition) is 0. The quantitative estimate of drug-likeness (QED) is 0.549. The topological polar surface area (TPSA) is 80.3 Å². The Morgan fingerprint density at radius 2 is 1.85 bits per heavy atom. The summed E-state index contributed by atoms with van der Waals surface area (Å²) in [7, 11) is 2.15. The number of carbonyl (C=O) groups excluding carboxylic acids is 1. The van der Waals surface area contributed by atoms with Crippen molar-refractivity contribution >= 4 is 11.9 Å². The number of benzene rings is 1. The van der Waals surface area contributed by atoms with Crippen molar-refractivity contribution in [1.29, 1.82) is 0 Å². The van der Waals surface area contributed by atoms with Gasteiger partial charge < -0.3 is 28.9 Å². The van der Waals surface area contributed by atoms with Crippen LogP contribution in [0.1, 0.15) is 69.6 Å². The monoisotopic (exact) mass is 549 g/mol. The van der Waals surface area contributed by atoms with E-state index in [0.29, 0.717) is 50.7 Å². The molecule has 4 aliphatic rings. The first kappa shape index (κ1) is 27.1. The van der Waals surface area contributed by atoms with Gasteiger partial charge in [-0.1, -0.05) is 24.3 Å². The summed E-state index contributed by atoms with van der Waals surface area (Å²) in [6.45, 7) is 9.85. The van der Waals surface area contributed by atoms with Gasteiger partial charge in [-0.15, -0.1) is 0 Å². The first-order valence-corrected chi connectivity index (χ1v) is 14.9. The fourth-order valence-electron chi connectivity index (χ4n) is 6.66. The van der Waals surface area contributed by atoms with Gasteiger partial charge in [0.05, 0.1) is 5.56 Å². The molecule has 9 nitrogen and oxygen atoms in total. The SMILES string of the molecule is CN1CCC[C@H]1COc1nc2c(c(N3CCN(C(=O)OC(C)(C)C)CC3)n1)CCC1(CCCc3ccccc31)O2. The second kappa shape index (κ2) is 10.7. The van der Waals surface area contributed by atoms with Crippen LogP contribution in [-0.2, 0) is 23.2 Å². The summed E-state index contributed by atoms with van der Waals surface area (Å²) in [5.41, 5.74) is 2.86. The van der Waals surface area contributed by atoms with Crippen molar-refractivity contribution in [1.82, 2.24) is 19.8 Å². The number of rotatable bonds is 4. The molecule has 216 valence electrons. The van der Waals surface area contributed by atoms with Crippen LogP contribution in [-0.4, -0.2) is 83.9 Å². The maximum Gasteiger partial charge on any atom is 0.410 e. The molecule has 2 saturated heterocycles. The van der Waals surface area contributed by atoms with E-state index >= 15 is 0 Å². The number of likely N-dealkylation sites (N-methyl/N-ethyl adjacent to an activating group) is 1. The summed E-state index contributed by atoms with van der Waals surface area (Å²) < 4.78 is 18.8. The van der Waals surface area contributed by atoms with E-state index in [1.54, 1.807) is 4.90 Å². The summed E-state index contributed by atoms with van der Waals surface area (Å²) >= 11 is 0. The Bertz CT molecular complexity index is 1240. The van der Waals surface area contributed by atoms with Crippen molar-refractivity contribution in [3.63, 3.8) is 0 Å². The molecule has 40 heavy (non-hydrogen) atoms. The standard InChI is InChI=1S/C31H43N5O4/c1-30(2,3)40-29(37)36-19-17-35(18-20-36)26-24-13-15-31(14-7-10-22-9-5-6-12-25(22)31)39-27(24)33-28(32-26)38-21-23-11-8-16-34(23)4/h5-6,9,12,23H,7-8,10-11,13-21H2,1-4H3/t23-,31?/m0/s1. The zero-order valence-corrected chi connectivity index (χ0v) is 24.4. The summed E-state index contributed by atoms with van der Waals surface area (Å²) in [5, 5.41) is 0. The molecule has 1 amide bonds. The Labute approximate surface area is 237 Å². The van der Waals surface area contributed by atoms with Crippen LogP contribution < -0.4 is 14.4 Å². The van der Waals surface area contributed by atoms with Crippen molar-refractivity contribution in [2.45, 2.75) is 83.0 Å². The van der Waals surface area contributed by atoms with Crippen LogP contribution in [0.4, 0.5) is 10.6 Å².